The molecule has 1 heterocycles. The van der Waals surface area contributed by atoms with E-state index in [0.29, 0.717) is 13.2 Å². The SMILES string of the molecule is OCCNCCOc1ccc2ncccc2c1. The molecule has 0 bridgehead atoms. The van der Waals surface area contributed by atoms with Crippen LogP contribution in [0.2, 0.25) is 0 Å². The summed E-state index contributed by atoms with van der Waals surface area (Å²) in [6, 6.07) is 9.77. The third kappa shape index (κ3) is 3.41. The Hall–Kier alpha value is -1.65. The van der Waals surface area contributed by atoms with Gasteiger partial charge in [-0.25, -0.2) is 0 Å². The molecule has 0 aliphatic carbocycles. The molecule has 0 saturated heterocycles. The summed E-state index contributed by atoms with van der Waals surface area (Å²) in [5.41, 5.74) is 0.971. The molecule has 2 N–H and O–H groups in total. The molecular weight excluding hydrogens is 216 g/mol. The lowest BCUT2D eigenvalue weighted by molar-refractivity contribution is 0.276. The van der Waals surface area contributed by atoms with Gasteiger partial charge < -0.3 is 15.2 Å². The molecule has 0 saturated carbocycles. The molecule has 0 fully saturated rings. The Balaban J connectivity index is 1.90. The van der Waals surface area contributed by atoms with Crippen molar-refractivity contribution in [2.24, 2.45) is 0 Å². The number of fused-ring (bicyclic) bond motifs is 1. The minimum Gasteiger partial charge on any atom is -0.492 e. The van der Waals surface area contributed by atoms with Crippen molar-refractivity contribution in [3.05, 3.63) is 36.5 Å². The number of rotatable bonds is 6. The summed E-state index contributed by atoms with van der Waals surface area (Å²) in [6.45, 7) is 2.07. The van der Waals surface area contributed by atoms with Crippen LogP contribution in [0, 0.1) is 0 Å². The van der Waals surface area contributed by atoms with Gasteiger partial charge in [0.1, 0.15) is 12.4 Å². The van der Waals surface area contributed by atoms with E-state index in [9.17, 15) is 0 Å². The fraction of sp³-hybridized carbons (Fsp3) is 0.308. The summed E-state index contributed by atoms with van der Waals surface area (Å²) in [4.78, 5) is 4.25. The molecule has 0 aliphatic heterocycles. The van der Waals surface area contributed by atoms with Gasteiger partial charge in [0, 0.05) is 24.7 Å². The molecule has 0 spiro atoms. The van der Waals surface area contributed by atoms with Crippen molar-refractivity contribution in [1.29, 1.82) is 0 Å². The predicted octanol–water partition coefficient (Wildman–Crippen LogP) is 1.20. The number of aliphatic hydroxyl groups excluding tert-OH is 1. The Morgan fingerprint density at radius 1 is 1.24 bits per heavy atom. The molecule has 2 rings (SSSR count). The van der Waals surface area contributed by atoms with Crippen molar-refractivity contribution in [2.75, 3.05) is 26.3 Å². The number of nitrogens with one attached hydrogen (secondary N) is 1. The van der Waals surface area contributed by atoms with E-state index in [-0.39, 0.29) is 6.61 Å². The van der Waals surface area contributed by atoms with Crippen LogP contribution in [-0.2, 0) is 0 Å². The summed E-state index contributed by atoms with van der Waals surface area (Å²) < 4.78 is 5.59. The van der Waals surface area contributed by atoms with Gasteiger partial charge in [-0.1, -0.05) is 6.07 Å². The minimum atomic E-state index is 0.154. The zero-order chi connectivity index (χ0) is 11.9. The summed E-state index contributed by atoms with van der Waals surface area (Å²) >= 11 is 0. The first-order valence-corrected chi connectivity index (χ1v) is 5.69. The highest BCUT2D eigenvalue weighted by molar-refractivity contribution is 5.79. The number of nitrogens with zero attached hydrogens (tertiary/aromatic N) is 1. The second-order valence-electron chi connectivity index (χ2n) is 3.68. The fourth-order valence-electron chi connectivity index (χ4n) is 1.59. The monoisotopic (exact) mass is 232 g/mol. The molecule has 0 unspecified atom stereocenters. The maximum absolute atomic E-state index is 8.59. The molecule has 0 amide bonds. The Bertz CT molecular complexity index is 474. The molecule has 4 nitrogen and oxygen atoms in total. The molecule has 90 valence electrons. The van der Waals surface area contributed by atoms with Gasteiger partial charge in [-0.3, -0.25) is 4.98 Å². The zero-order valence-electron chi connectivity index (χ0n) is 9.60. The van der Waals surface area contributed by atoms with Crippen LogP contribution >= 0.6 is 0 Å². The lowest BCUT2D eigenvalue weighted by Crippen LogP contribution is -2.23. The van der Waals surface area contributed by atoms with Gasteiger partial charge >= 0.3 is 0 Å². The lowest BCUT2D eigenvalue weighted by Gasteiger charge is -2.07. The first-order valence-electron chi connectivity index (χ1n) is 5.69. The Morgan fingerprint density at radius 3 is 3.06 bits per heavy atom. The van der Waals surface area contributed by atoms with Crippen molar-refractivity contribution >= 4 is 10.9 Å². The summed E-state index contributed by atoms with van der Waals surface area (Å²) in [7, 11) is 0. The summed E-state index contributed by atoms with van der Waals surface area (Å²) in [5, 5.41) is 12.7. The third-order valence-electron chi connectivity index (χ3n) is 2.41. The standard InChI is InChI=1S/C13H16N2O2/c16-8-6-14-7-9-17-12-3-4-13-11(10-12)2-1-5-15-13/h1-5,10,14,16H,6-9H2. The zero-order valence-corrected chi connectivity index (χ0v) is 9.60. The second-order valence-corrected chi connectivity index (χ2v) is 3.68. The average Bonchev–Trinajstić information content (AvgIpc) is 2.38. The van der Waals surface area contributed by atoms with E-state index in [1.54, 1.807) is 6.20 Å². The van der Waals surface area contributed by atoms with Crippen LogP contribution in [0.25, 0.3) is 10.9 Å². The van der Waals surface area contributed by atoms with Gasteiger partial charge in [0.15, 0.2) is 0 Å². The highest BCUT2D eigenvalue weighted by Gasteiger charge is 1.97. The van der Waals surface area contributed by atoms with Crippen molar-refractivity contribution in [3.8, 4) is 5.75 Å². The lowest BCUT2D eigenvalue weighted by atomic mass is 10.2. The van der Waals surface area contributed by atoms with Crippen molar-refractivity contribution in [3.63, 3.8) is 0 Å². The first kappa shape index (κ1) is 11.8. The molecule has 1 aromatic heterocycles. The average molecular weight is 232 g/mol. The molecule has 0 atom stereocenters. The number of aromatic nitrogens is 1. The van der Waals surface area contributed by atoms with Gasteiger partial charge in [0.05, 0.1) is 12.1 Å². The molecule has 2 aromatic rings. The number of aliphatic hydroxyl groups is 1. The smallest absolute Gasteiger partial charge is 0.120 e. The molecule has 4 heteroatoms. The summed E-state index contributed by atoms with van der Waals surface area (Å²) in [6.07, 6.45) is 1.78. The van der Waals surface area contributed by atoms with Gasteiger partial charge in [-0.15, -0.1) is 0 Å². The van der Waals surface area contributed by atoms with Crippen LogP contribution in [0.1, 0.15) is 0 Å². The van der Waals surface area contributed by atoms with Gasteiger partial charge in [0.2, 0.25) is 0 Å². The molecule has 1 aromatic carbocycles. The normalized spacial score (nSPS) is 10.6. The Morgan fingerprint density at radius 2 is 2.18 bits per heavy atom. The van der Waals surface area contributed by atoms with E-state index in [2.05, 4.69) is 10.3 Å². The predicted molar refractivity (Wildman–Crippen MR) is 67.2 cm³/mol. The number of hydrogen-bond donors (Lipinski definition) is 2. The largest absolute Gasteiger partial charge is 0.492 e. The topological polar surface area (TPSA) is 54.4 Å². The second kappa shape index (κ2) is 6.18. The highest BCUT2D eigenvalue weighted by Crippen LogP contribution is 2.18. The van der Waals surface area contributed by atoms with Crippen LogP contribution in [0.5, 0.6) is 5.75 Å². The van der Waals surface area contributed by atoms with Crippen LogP contribution in [0.4, 0.5) is 0 Å². The van der Waals surface area contributed by atoms with E-state index in [0.717, 1.165) is 23.2 Å². The van der Waals surface area contributed by atoms with Crippen molar-refractivity contribution in [1.82, 2.24) is 10.3 Å². The van der Waals surface area contributed by atoms with Crippen molar-refractivity contribution in [2.45, 2.75) is 0 Å². The van der Waals surface area contributed by atoms with E-state index in [1.165, 1.54) is 0 Å². The van der Waals surface area contributed by atoms with Crippen molar-refractivity contribution < 1.29 is 9.84 Å². The van der Waals surface area contributed by atoms with Crippen LogP contribution in [0.15, 0.2) is 36.5 Å². The van der Waals surface area contributed by atoms with Gasteiger partial charge in [-0.05, 0) is 24.3 Å². The highest BCUT2D eigenvalue weighted by atomic mass is 16.5. The maximum Gasteiger partial charge on any atom is 0.120 e. The molecule has 0 aliphatic rings. The van der Waals surface area contributed by atoms with Gasteiger partial charge in [-0.2, -0.15) is 0 Å². The molecule has 17 heavy (non-hydrogen) atoms. The molecule has 0 radical (unpaired) electrons. The quantitative estimate of drug-likeness (QED) is 0.735. The number of ether oxygens (including phenoxy) is 1. The van der Waals surface area contributed by atoms with E-state index in [4.69, 9.17) is 9.84 Å². The van der Waals surface area contributed by atoms with E-state index < -0.39 is 0 Å². The number of hydrogen-bond acceptors (Lipinski definition) is 4. The fourth-order valence-corrected chi connectivity index (χ4v) is 1.59. The summed E-state index contributed by atoms with van der Waals surface area (Å²) in [5.74, 6) is 0.844. The Kier molecular flexibility index (Phi) is 4.30. The van der Waals surface area contributed by atoms with Crippen LogP contribution in [0.3, 0.4) is 0 Å². The Labute approximate surface area is 100 Å². The van der Waals surface area contributed by atoms with E-state index in [1.807, 2.05) is 30.3 Å². The van der Waals surface area contributed by atoms with Crippen LogP contribution < -0.4 is 10.1 Å². The number of benzene rings is 1. The third-order valence-corrected chi connectivity index (χ3v) is 2.41. The van der Waals surface area contributed by atoms with Gasteiger partial charge in [0.25, 0.3) is 0 Å². The molecular formula is C13H16N2O2. The maximum atomic E-state index is 8.59. The van der Waals surface area contributed by atoms with E-state index >= 15 is 0 Å². The van der Waals surface area contributed by atoms with Crippen LogP contribution in [-0.4, -0.2) is 36.4 Å². The number of pyridine rings is 1. The minimum absolute atomic E-state index is 0.154. The first-order chi connectivity index (χ1) is 8.40.